The number of fused-ring (bicyclic) bond motifs is 3. The minimum Gasteiger partial charge on any atom is -0.350 e. The normalized spacial score (nSPS) is 17.2. The number of piperidine rings is 1. The molecule has 2 aliphatic heterocycles. The number of rotatable bonds is 6. The average Bonchev–Trinajstić information content (AvgIpc) is 3.66. The minimum atomic E-state index is -0.628. The first-order valence-electron chi connectivity index (χ1n) is 13.4. The maximum atomic E-state index is 13.2. The molecule has 3 aromatic heterocycles. The Morgan fingerprint density at radius 2 is 1.95 bits per heavy atom. The molecule has 1 fully saturated rings. The molecular formula is C31H28N6O3. The van der Waals surface area contributed by atoms with Gasteiger partial charge in [0, 0.05) is 44.9 Å². The largest absolute Gasteiger partial charge is 0.350 e. The van der Waals surface area contributed by atoms with Crippen LogP contribution in [0.4, 0.5) is 0 Å². The van der Waals surface area contributed by atoms with Gasteiger partial charge in [-0.25, -0.2) is 4.98 Å². The number of imidazole rings is 1. The van der Waals surface area contributed by atoms with Gasteiger partial charge in [0.25, 0.3) is 5.91 Å². The van der Waals surface area contributed by atoms with Crippen molar-refractivity contribution in [3.63, 3.8) is 0 Å². The number of para-hydroxylation sites is 1. The number of aryl methyl sites for hydroxylation is 1. The molecule has 1 unspecified atom stereocenters. The molecule has 1 atom stereocenters. The second kappa shape index (κ2) is 9.46. The van der Waals surface area contributed by atoms with E-state index in [2.05, 4.69) is 69.8 Å². The first kappa shape index (κ1) is 24.3. The lowest BCUT2D eigenvalue weighted by molar-refractivity contribution is -0.136. The molecule has 9 nitrogen and oxygen atoms in total. The van der Waals surface area contributed by atoms with Crippen LogP contribution < -0.4 is 10.6 Å². The molecule has 2 aromatic carbocycles. The lowest BCUT2D eigenvalue weighted by atomic mass is 10.0. The third-order valence-corrected chi connectivity index (χ3v) is 8.03. The number of hydrogen-bond donors (Lipinski definition) is 2. The van der Waals surface area contributed by atoms with Crippen LogP contribution in [0.15, 0.2) is 73.3 Å². The number of imide groups is 1. The Kier molecular flexibility index (Phi) is 5.74. The number of carbonyl (C=O) groups excluding carboxylic acids is 3. The van der Waals surface area contributed by atoms with E-state index < -0.39 is 11.9 Å². The summed E-state index contributed by atoms with van der Waals surface area (Å²) in [7, 11) is 2.07. The molecule has 1 saturated heterocycles. The predicted octanol–water partition coefficient (Wildman–Crippen LogP) is 3.54. The number of carbonyl (C=O) groups is 3. The third kappa shape index (κ3) is 4.06. The summed E-state index contributed by atoms with van der Waals surface area (Å²) in [5, 5.41) is 7.20. The molecule has 0 radical (unpaired) electrons. The van der Waals surface area contributed by atoms with E-state index in [0.717, 1.165) is 34.4 Å². The summed E-state index contributed by atoms with van der Waals surface area (Å²) in [6, 6.07) is 18.0. The summed E-state index contributed by atoms with van der Waals surface area (Å²) < 4.78 is 4.20. The van der Waals surface area contributed by atoms with E-state index in [1.807, 2.05) is 28.8 Å². The van der Waals surface area contributed by atoms with Crippen molar-refractivity contribution in [2.75, 3.05) is 0 Å². The smallest absolute Gasteiger partial charge is 0.255 e. The van der Waals surface area contributed by atoms with E-state index in [4.69, 9.17) is 0 Å². The number of aromatic nitrogens is 3. The quantitative estimate of drug-likeness (QED) is 0.326. The van der Waals surface area contributed by atoms with Crippen LogP contribution in [-0.4, -0.2) is 42.6 Å². The molecule has 5 heterocycles. The van der Waals surface area contributed by atoms with Crippen molar-refractivity contribution >= 4 is 34.1 Å². The van der Waals surface area contributed by atoms with Crippen molar-refractivity contribution < 1.29 is 14.4 Å². The highest BCUT2D eigenvalue weighted by molar-refractivity contribution is 6.05. The van der Waals surface area contributed by atoms with Crippen LogP contribution in [0.2, 0.25) is 0 Å². The molecule has 0 aliphatic carbocycles. The number of pyridine rings is 1. The van der Waals surface area contributed by atoms with Crippen molar-refractivity contribution in [2.24, 2.45) is 7.05 Å². The van der Waals surface area contributed by atoms with E-state index in [9.17, 15) is 14.4 Å². The summed E-state index contributed by atoms with van der Waals surface area (Å²) in [4.78, 5) is 43.1. The maximum Gasteiger partial charge on any atom is 0.255 e. The van der Waals surface area contributed by atoms with Gasteiger partial charge >= 0.3 is 0 Å². The summed E-state index contributed by atoms with van der Waals surface area (Å²) in [6.07, 6.45) is 6.32. The zero-order valence-corrected chi connectivity index (χ0v) is 22.1. The SMILES string of the molecule is Cn1ccc2cccc(CNCc3cc(-c4ccc5c(c4)CN(C4CCC(=O)NC4=O)C5=O)n4cncc4c3)c21. The van der Waals surface area contributed by atoms with E-state index in [0.29, 0.717) is 25.1 Å². The average molecular weight is 533 g/mol. The van der Waals surface area contributed by atoms with Crippen molar-refractivity contribution in [1.29, 1.82) is 0 Å². The summed E-state index contributed by atoms with van der Waals surface area (Å²) in [5.41, 5.74) is 8.02. The fourth-order valence-electron chi connectivity index (χ4n) is 6.07. The van der Waals surface area contributed by atoms with Crippen molar-refractivity contribution in [1.82, 2.24) is 29.5 Å². The molecule has 9 heteroatoms. The fraction of sp³-hybridized carbons (Fsp3) is 0.226. The highest BCUT2D eigenvalue weighted by atomic mass is 16.2. The van der Waals surface area contributed by atoms with Gasteiger partial charge < -0.3 is 14.8 Å². The molecule has 0 bridgehead atoms. The lowest BCUT2D eigenvalue weighted by Crippen LogP contribution is -2.52. The summed E-state index contributed by atoms with van der Waals surface area (Å²) in [5.74, 6) is -0.861. The third-order valence-electron chi connectivity index (χ3n) is 8.03. The molecule has 200 valence electrons. The van der Waals surface area contributed by atoms with Crippen molar-refractivity contribution in [3.05, 3.63) is 95.6 Å². The van der Waals surface area contributed by atoms with Crippen LogP contribution in [0.25, 0.3) is 27.7 Å². The van der Waals surface area contributed by atoms with Crippen LogP contribution in [0.1, 0.15) is 39.9 Å². The molecule has 0 saturated carbocycles. The van der Waals surface area contributed by atoms with Gasteiger partial charge in [0.2, 0.25) is 11.8 Å². The van der Waals surface area contributed by atoms with Gasteiger partial charge in [-0.1, -0.05) is 24.3 Å². The molecule has 40 heavy (non-hydrogen) atoms. The monoisotopic (exact) mass is 532 g/mol. The van der Waals surface area contributed by atoms with E-state index in [1.165, 1.54) is 16.5 Å². The molecule has 3 amide bonds. The van der Waals surface area contributed by atoms with E-state index in [1.54, 1.807) is 11.2 Å². The van der Waals surface area contributed by atoms with Gasteiger partial charge in [-0.3, -0.25) is 24.1 Å². The highest BCUT2D eigenvalue weighted by Gasteiger charge is 2.39. The van der Waals surface area contributed by atoms with Gasteiger partial charge in [-0.15, -0.1) is 0 Å². The number of hydrogen-bond acceptors (Lipinski definition) is 5. The molecular weight excluding hydrogens is 504 g/mol. The molecule has 5 aromatic rings. The number of amides is 3. The Balaban J connectivity index is 1.15. The molecule has 2 aliphatic rings. The first-order chi connectivity index (χ1) is 19.5. The van der Waals surface area contributed by atoms with Gasteiger partial charge in [0.05, 0.1) is 29.3 Å². The van der Waals surface area contributed by atoms with Gasteiger partial charge in [-0.05, 0) is 64.4 Å². The van der Waals surface area contributed by atoms with Crippen LogP contribution in [0.3, 0.4) is 0 Å². The molecule has 0 spiro atoms. The Labute approximate surface area is 230 Å². The van der Waals surface area contributed by atoms with Gasteiger partial charge in [0.15, 0.2) is 0 Å². The predicted molar refractivity (Wildman–Crippen MR) is 150 cm³/mol. The Hall–Kier alpha value is -4.76. The highest BCUT2D eigenvalue weighted by Crippen LogP contribution is 2.32. The first-order valence-corrected chi connectivity index (χ1v) is 13.4. The number of benzene rings is 2. The zero-order chi connectivity index (χ0) is 27.4. The lowest BCUT2D eigenvalue weighted by Gasteiger charge is -2.29. The fourth-order valence-corrected chi connectivity index (χ4v) is 6.07. The van der Waals surface area contributed by atoms with Gasteiger partial charge in [0.1, 0.15) is 6.04 Å². The Morgan fingerprint density at radius 1 is 1.05 bits per heavy atom. The minimum absolute atomic E-state index is 0.171. The molecule has 2 N–H and O–H groups in total. The van der Waals surface area contributed by atoms with E-state index >= 15 is 0 Å². The maximum absolute atomic E-state index is 13.2. The van der Waals surface area contributed by atoms with Crippen LogP contribution in [0.5, 0.6) is 0 Å². The second-order valence-corrected chi connectivity index (χ2v) is 10.6. The Bertz CT molecular complexity index is 1830. The zero-order valence-electron chi connectivity index (χ0n) is 22.1. The van der Waals surface area contributed by atoms with Crippen LogP contribution in [-0.2, 0) is 36.3 Å². The standard InChI is InChI=1S/C31H28N6O3/c1-35-10-9-20-3-2-4-22(29(20)35)15-32-14-19-11-24-16-33-18-37(24)27(12-19)21-5-6-25-23(13-21)17-36(31(25)40)26-7-8-28(38)34-30(26)39/h2-6,9-13,16,18,26,32H,7-8,14-15,17H2,1H3,(H,34,38,39). The number of nitrogens with zero attached hydrogens (tertiary/aromatic N) is 4. The summed E-state index contributed by atoms with van der Waals surface area (Å²) >= 11 is 0. The van der Waals surface area contributed by atoms with Crippen LogP contribution >= 0.6 is 0 Å². The Morgan fingerprint density at radius 3 is 2.83 bits per heavy atom. The van der Waals surface area contributed by atoms with Gasteiger partial charge in [-0.2, -0.15) is 0 Å². The number of nitrogens with one attached hydrogen (secondary N) is 2. The van der Waals surface area contributed by atoms with Crippen LogP contribution in [0, 0.1) is 0 Å². The van der Waals surface area contributed by atoms with Crippen molar-refractivity contribution in [3.8, 4) is 11.3 Å². The summed E-state index contributed by atoms with van der Waals surface area (Å²) in [6.45, 7) is 1.77. The van der Waals surface area contributed by atoms with E-state index in [-0.39, 0.29) is 18.2 Å². The van der Waals surface area contributed by atoms with Crippen molar-refractivity contribution in [2.45, 2.75) is 38.5 Å². The second-order valence-electron chi connectivity index (χ2n) is 10.6. The molecule has 7 rings (SSSR count). The topological polar surface area (TPSA) is 101 Å².